The number of nitrogens with zero attached hydrogens (tertiary/aromatic N) is 2. The molecular formula is C18H24N2O4. The van der Waals surface area contributed by atoms with Crippen molar-refractivity contribution in [1.82, 2.24) is 9.88 Å². The van der Waals surface area contributed by atoms with Crippen molar-refractivity contribution in [1.29, 1.82) is 0 Å². The van der Waals surface area contributed by atoms with Crippen molar-refractivity contribution in [2.45, 2.75) is 25.7 Å². The third kappa shape index (κ3) is 4.13. The van der Waals surface area contributed by atoms with Crippen LogP contribution in [0.3, 0.4) is 0 Å². The number of ether oxygens (including phenoxy) is 2. The maximum atomic E-state index is 12.3. The molecule has 0 N–H and O–H groups in total. The number of rotatable bonds is 7. The van der Waals surface area contributed by atoms with Gasteiger partial charge in [0.2, 0.25) is 5.91 Å². The van der Waals surface area contributed by atoms with Gasteiger partial charge in [0.1, 0.15) is 12.1 Å². The Morgan fingerprint density at radius 1 is 1.33 bits per heavy atom. The van der Waals surface area contributed by atoms with Gasteiger partial charge >= 0.3 is 0 Å². The van der Waals surface area contributed by atoms with E-state index >= 15 is 0 Å². The topological polar surface area (TPSA) is 64.8 Å². The van der Waals surface area contributed by atoms with Gasteiger partial charge in [-0.3, -0.25) is 4.79 Å². The summed E-state index contributed by atoms with van der Waals surface area (Å²) in [6.45, 7) is 5.08. The highest BCUT2D eigenvalue weighted by Gasteiger charge is 2.28. The van der Waals surface area contributed by atoms with Crippen molar-refractivity contribution in [3.63, 3.8) is 0 Å². The summed E-state index contributed by atoms with van der Waals surface area (Å²) in [6.07, 6.45) is 1.94. The Hall–Kier alpha value is -1.92. The molecule has 0 radical (unpaired) electrons. The molecule has 3 rings (SSSR count). The summed E-state index contributed by atoms with van der Waals surface area (Å²) >= 11 is 0. The molecule has 1 aliphatic rings. The van der Waals surface area contributed by atoms with E-state index in [-0.39, 0.29) is 18.4 Å². The Balaban J connectivity index is 1.54. The van der Waals surface area contributed by atoms with E-state index in [2.05, 4.69) is 4.98 Å². The van der Waals surface area contributed by atoms with E-state index in [1.807, 2.05) is 36.1 Å². The number of benzene rings is 1. The number of carbonyl (C=O) groups excluding carboxylic acids is 1. The molecule has 1 saturated heterocycles. The number of oxazole rings is 1. The molecule has 2 heterocycles. The summed E-state index contributed by atoms with van der Waals surface area (Å²) in [5.74, 6) is 0.900. The minimum absolute atomic E-state index is 0.0207. The summed E-state index contributed by atoms with van der Waals surface area (Å²) in [5, 5.41) is 0. The minimum atomic E-state index is 0.0207. The monoisotopic (exact) mass is 332 g/mol. The number of likely N-dealkylation sites (tertiary alicyclic amines) is 1. The van der Waals surface area contributed by atoms with Crippen molar-refractivity contribution in [2.24, 2.45) is 0 Å². The second-order valence-electron chi connectivity index (χ2n) is 5.95. The molecule has 1 atom stereocenters. The lowest BCUT2D eigenvalue weighted by Crippen LogP contribution is -2.41. The van der Waals surface area contributed by atoms with Crippen molar-refractivity contribution in [3.8, 4) is 0 Å². The van der Waals surface area contributed by atoms with Crippen LogP contribution in [0, 0.1) is 0 Å². The second kappa shape index (κ2) is 8.26. The zero-order chi connectivity index (χ0) is 16.8. The highest BCUT2D eigenvalue weighted by atomic mass is 16.5. The van der Waals surface area contributed by atoms with Crippen LogP contribution in [-0.4, -0.2) is 55.3 Å². The standard InChI is InChI=1S/C18H24N2O4/c1-2-22-10-11-23-13-17(21)20-9-5-6-14(12-20)18-19-15-7-3-4-8-16(15)24-18/h3-4,7-8,14H,2,5-6,9-13H2,1H3. The lowest BCUT2D eigenvalue weighted by atomic mass is 9.98. The smallest absolute Gasteiger partial charge is 0.248 e. The molecule has 6 heteroatoms. The van der Waals surface area contributed by atoms with Gasteiger partial charge in [-0.25, -0.2) is 4.98 Å². The first-order valence-corrected chi connectivity index (χ1v) is 8.56. The molecule has 24 heavy (non-hydrogen) atoms. The normalized spacial score (nSPS) is 18.2. The predicted octanol–water partition coefficient (Wildman–Crippen LogP) is 2.59. The first-order valence-electron chi connectivity index (χ1n) is 8.56. The van der Waals surface area contributed by atoms with Gasteiger partial charge in [0, 0.05) is 19.7 Å². The number of piperidine rings is 1. The fourth-order valence-electron chi connectivity index (χ4n) is 2.98. The number of hydrogen-bond acceptors (Lipinski definition) is 5. The Bertz CT molecular complexity index is 637. The highest BCUT2D eigenvalue weighted by Crippen LogP contribution is 2.28. The number of aromatic nitrogens is 1. The molecule has 1 aliphatic heterocycles. The molecule has 1 aromatic carbocycles. The van der Waals surface area contributed by atoms with Gasteiger partial charge in [-0.2, -0.15) is 0 Å². The number of fused-ring (bicyclic) bond motifs is 1. The van der Waals surface area contributed by atoms with E-state index in [1.54, 1.807) is 0 Å². The second-order valence-corrected chi connectivity index (χ2v) is 5.95. The van der Waals surface area contributed by atoms with Crippen LogP contribution in [0.25, 0.3) is 11.1 Å². The van der Waals surface area contributed by atoms with Gasteiger partial charge in [-0.05, 0) is 31.9 Å². The van der Waals surface area contributed by atoms with Gasteiger partial charge in [-0.1, -0.05) is 12.1 Å². The van der Waals surface area contributed by atoms with Crippen LogP contribution in [0.2, 0.25) is 0 Å². The average Bonchev–Trinajstić information content (AvgIpc) is 3.06. The Labute approximate surface area is 141 Å². The molecule has 6 nitrogen and oxygen atoms in total. The molecule has 1 fully saturated rings. The Morgan fingerprint density at radius 3 is 3.00 bits per heavy atom. The van der Waals surface area contributed by atoms with Crippen molar-refractivity contribution < 1.29 is 18.7 Å². The van der Waals surface area contributed by atoms with Crippen LogP contribution in [-0.2, 0) is 14.3 Å². The molecule has 1 unspecified atom stereocenters. The fourth-order valence-corrected chi connectivity index (χ4v) is 2.98. The predicted molar refractivity (Wildman–Crippen MR) is 89.9 cm³/mol. The fraction of sp³-hybridized carbons (Fsp3) is 0.556. The lowest BCUT2D eigenvalue weighted by molar-refractivity contribution is -0.137. The molecular weight excluding hydrogens is 308 g/mol. The molecule has 1 aromatic heterocycles. The van der Waals surface area contributed by atoms with E-state index in [1.165, 1.54) is 0 Å². The average molecular weight is 332 g/mol. The quantitative estimate of drug-likeness (QED) is 0.729. The van der Waals surface area contributed by atoms with Gasteiger partial charge in [0.15, 0.2) is 11.5 Å². The molecule has 0 saturated carbocycles. The van der Waals surface area contributed by atoms with E-state index in [4.69, 9.17) is 13.9 Å². The summed E-state index contributed by atoms with van der Waals surface area (Å²) in [6, 6.07) is 7.75. The van der Waals surface area contributed by atoms with Crippen LogP contribution in [0.5, 0.6) is 0 Å². The van der Waals surface area contributed by atoms with Gasteiger partial charge < -0.3 is 18.8 Å². The third-order valence-corrected chi connectivity index (χ3v) is 4.24. The molecule has 0 spiro atoms. The van der Waals surface area contributed by atoms with Crippen molar-refractivity contribution >= 4 is 17.0 Å². The third-order valence-electron chi connectivity index (χ3n) is 4.24. The first kappa shape index (κ1) is 16.9. The Kier molecular flexibility index (Phi) is 5.82. The van der Waals surface area contributed by atoms with Crippen LogP contribution in [0.1, 0.15) is 31.6 Å². The summed E-state index contributed by atoms with van der Waals surface area (Å²) < 4.78 is 16.4. The first-order chi connectivity index (χ1) is 11.8. The zero-order valence-corrected chi connectivity index (χ0v) is 14.1. The maximum Gasteiger partial charge on any atom is 0.248 e. The zero-order valence-electron chi connectivity index (χ0n) is 14.1. The van der Waals surface area contributed by atoms with Crippen LogP contribution < -0.4 is 0 Å². The van der Waals surface area contributed by atoms with E-state index in [0.29, 0.717) is 26.4 Å². The molecule has 0 aliphatic carbocycles. The molecule has 1 amide bonds. The molecule has 130 valence electrons. The SMILES string of the molecule is CCOCCOCC(=O)N1CCCC(c2nc3ccccc3o2)C1. The van der Waals surface area contributed by atoms with Gasteiger partial charge in [0.25, 0.3) is 0 Å². The van der Waals surface area contributed by atoms with Crippen molar-refractivity contribution in [3.05, 3.63) is 30.2 Å². The molecule has 0 bridgehead atoms. The van der Waals surface area contributed by atoms with Crippen LogP contribution in [0.4, 0.5) is 0 Å². The van der Waals surface area contributed by atoms with E-state index < -0.39 is 0 Å². The van der Waals surface area contributed by atoms with E-state index in [0.717, 1.165) is 36.4 Å². The largest absolute Gasteiger partial charge is 0.440 e. The van der Waals surface area contributed by atoms with Crippen molar-refractivity contribution in [2.75, 3.05) is 39.5 Å². The summed E-state index contributed by atoms with van der Waals surface area (Å²) in [4.78, 5) is 18.7. The number of para-hydroxylation sites is 2. The number of hydrogen-bond donors (Lipinski definition) is 0. The number of amides is 1. The van der Waals surface area contributed by atoms with Crippen LogP contribution >= 0.6 is 0 Å². The van der Waals surface area contributed by atoms with Crippen LogP contribution in [0.15, 0.2) is 28.7 Å². The van der Waals surface area contributed by atoms with Gasteiger partial charge in [-0.15, -0.1) is 0 Å². The van der Waals surface area contributed by atoms with E-state index in [9.17, 15) is 4.79 Å². The number of carbonyl (C=O) groups is 1. The summed E-state index contributed by atoms with van der Waals surface area (Å²) in [7, 11) is 0. The Morgan fingerprint density at radius 2 is 2.17 bits per heavy atom. The van der Waals surface area contributed by atoms with Gasteiger partial charge in [0.05, 0.1) is 19.1 Å². The minimum Gasteiger partial charge on any atom is -0.440 e. The molecule has 2 aromatic rings. The highest BCUT2D eigenvalue weighted by molar-refractivity contribution is 5.77. The summed E-state index contributed by atoms with van der Waals surface area (Å²) in [5.41, 5.74) is 1.67. The maximum absolute atomic E-state index is 12.3. The lowest BCUT2D eigenvalue weighted by Gasteiger charge is -2.31.